The standard InChI is InChI=1S/C15H21FN4O/c1-10-6-13(18-7-12(10)16)20-9-15(21-14(20)17)8-19-4-2-11(15)3-5-19/h6-7,11,14H,2-5,8-9,17H2,1H3. The van der Waals surface area contributed by atoms with Crippen LogP contribution in [-0.4, -0.2) is 48.0 Å². The van der Waals surface area contributed by atoms with Crippen molar-refractivity contribution in [3.63, 3.8) is 0 Å². The topological polar surface area (TPSA) is 54.6 Å². The van der Waals surface area contributed by atoms with Crippen molar-refractivity contribution in [3.8, 4) is 0 Å². The number of anilines is 1. The molecular formula is C15H21FN4O. The van der Waals surface area contributed by atoms with Gasteiger partial charge in [-0.05, 0) is 50.4 Å². The Morgan fingerprint density at radius 2 is 2.14 bits per heavy atom. The number of fused-ring (bicyclic) bond motifs is 2. The summed E-state index contributed by atoms with van der Waals surface area (Å²) in [6.45, 7) is 5.76. The fourth-order valence-corrected chi connectivity index (χ4v) is 4.05. The second-order valence-corrected chi connectivity index (χ2v) is 6.54. The van der Waals surface area contributed by atoms with E-state index in [-0.39, 0.29) is 11.4 Å². The Kier molecular flexibility index (Phi) is 2.96. The fraction of sp³-hybridized carbons (Fsp3) is 0.667. The van der Waals surface area contributed by atoms with E-state index < -0.39 is 6.35 Å². The van der Waals surface area contributed by atoms with Gasteiger partial charge in [-0.15, -0.1) is 0 Å². The number of pyridine rings is 1. The van der Waals surface area contributed by atoms with Crippen molar-refractivity contribution < 1.29 is 9.13 Å². The van der Waals surface area contributed by atoms with E-state index in [0.29, 0.717) is 17.3 Å². The summed E-state index contributed by atoms with van der Waals surface area (Å²) in [5.41, 5.74) is 6.59. The van der Waals surface area contributed by atoms with Crippen molar-refractivity contribution in [2.24, 2.45) is 11.7 Å². The third-order valence-corrected chi connectivity index (χ3v) is 5.25. The quantitative estimate of drug-likeness (QED) is 0.839. The van der Waals surface area contributed by atoms with Gasteiger partial charge < -0.3 is 14.5 Å². The highest BCUT2D eigenvalue weighted by atomic mass is 19.1. The molecule has 5 nitrogen and oxygen atoms in total. The first-order valence-electron chi connectivity index (χ1n) is 7.62. The van der Waals surface area contributed by atoms with Crippen molar-refractivity contribution in [1.29, 1.82) is 0 Å². The molecule has 0 amide bonds. The van der Waals surface area contributed by atoms with Crippen molar-refractivity contribution in [1.82, 2.24) is 9.88 Å². The van der Waals surface area contributed by atoms with Crippen molar-refractivity contribution in [3.05, 3.63) is 23.6 Å². The molecule has 5 heterocycles. The summed E-state index contributed by atoms with van der Waals surface area (Å²) in [5, 5.41) is 0. The van der Waals surface area contributed by atoms with Crippen LogP contribution in [0.25, 0.3) is 0 Å². The number of piperidine rings is 3. The van der Waals surface area contributed by atoms with Crippen LogP contribution in [0.1, 0.15) is 18.4 Å². The van der Waals surface area contributed by atoms with Gasteiger partial charge in [0.2, 0.25) is 0 Å². The van der Waals surface area contributed by atoms with E-state index in [1.807, 2.05) is 4.90 Å². The second kappa shape index (κ2) is 4.63. The van der Waals surface area contributed by atoms with E-state index in [1.54, 1.807) is 13.0 Å². The van der Waals surface area contributed by atoms with Gasteiger partial charge in [-0.2, -0.15) is 0 Å². The molecule has 4 aliphatic heterocycles. The first kappa shape index (κ1) is 13.4. The van der Waals surface area contributed by atoms with E-state index >= 15 is 0 Å². The molecule has 2 unspecified atom stereocenters. The number of aryl methyl sites for hydroxylation is 1. The average Bonchev–Trinajstić information content (AvgIpc) is 2.79. The number of ether oxygens (including phenoxy) is 1. The summed E-state index contributed by atoms with van der Waals surface area (Å²) in [5.74, 6) is 0.986. The van der Waals surface area contributed by atoms with Gasteiger partial charge in [0.1, 0.15) is 17.2 Å². The molecule has 1 aromatic heterocycles. The predicted octanol–water partition coefficient (Wildman–Crippen LogP) is 1.07. The summed E-state index contributed by atoms with van der Waals surface area (Å²) < 4.78 is 19.6. The molecule has 4 fully saturated rings. The van der Waals surface area contributed by atoms with Crippen LogP contribution < -0.4 is 10.6 Å². The second-order valence-electron chi connectivity index (χ2n) is 6.54. The lowest BCUT2D eigenvalue weighted by Crippen LogP contribution is -2.61. The van der Waals surface area contributed by atoms with Gasteiger partial charge in [-0.25, -0.2) is 9.37 Å². The van der Waals surface area contributed by atoms with E-state index in [2.05, 4.69) is 9.88 Å². The largest absolute Gasteiger partial charge is 0.335 e. The van der Waals surface area contributed by atoms with Gasteiger partial charge in [0.25, 0.3) is 0 Å². The van der Waals surface area contributed by atoms with Crippen molar-refractivity contribution in [2.45, 2.75) is 31.7 Å². The van der Waals surface area contributed by atoms with Crippen LogP contribution >= 0.6 is 0 Å². The first-order chi connectivity index (χ1) is 10.1. The lowest BCUT2D eigenvalue weighted by Gasteiger charge is -2.50. The molecule has 21 heavy (non-hydrogen) atoms. The lowest BCUT2D eigenvalue weighted by atomic mass is 9.75. The van der Waals surface area contributed by atoms with Crippen LogP contribution in [0.3, 0.4) is 0 Å². The summed E-state index contributed by atoms with van der Waals surface area (Å²) in [6.07, 6.45) is 3.12. The number of halogens is 1. The van der Waals surface area contributed by atoms with E-state index in [4.69, 9.17) is 10.5 Å². The maximum absolute atomic E-state index is 13.4. The van der Waals surface area contributed by atoms with Gasteiger partial charge in [-0.3, -0.25) is 5.73 Å². The zero-order valence-electron chi connectivity index (χ0n) is 12.3. The molecule has 2 N–H and O–H groups in total. The molecule has 0 saturated carbocycles. The van der Waals surface area contributed by atoms with E-state index in [9.17, 15) is 4.39 Å². The number of nitrogens with two attached hydrogens (primary N) is 1. The summed E-state index contributed by atoms with van der Waals surface area (Å²) >= 11 is 0. The van der Waals surface area contributed by atoms with E-state index in [1.165, 1.54) is 32.1 Å². The van der Waals surface area contributed by atoms with E-state index in [0.717, 1.165) is 13.1 Å². The van der Waals surface area contributed by atoms with Gasteiger partial charge in [-0.1, -0.05) is 0 Å². The lowest BCUT2D eigenvalue weighted by molar-refractivity contribution is -0.137. The van der Waals surface area contributed by atoms with Gasteiger partial charge in [0.15, 0.2) is 6.35 Å². The summed E-state index contributed by atoms with van der Waals surface area (Å²) in [7, 11) is 0. The monoisotopic (exact) mass is 292 g/mol. The molecule has 5 rings (SSSR count). The fourth-order valence-electron chi connectivity index (χ4n) is 4.05. The summed E-state index contributed by atoms with van der Waals surface area (Å²) in [6, 6.07) is 1.75. The third-order valence-electron chi connectivity index (χ3n) is 5.25. The average molecular weight is 292 g/mol. The van der Waals surface area contributed by atoms with Crippen LogP contribution in [0.2, 0.25) is 0 Å². The Bertz CT molecular complexity index is 561. The Hall–Kier alpha value is -1.24. The van der Waals surface area contributed by atoms with Crippen LogP contribution in [0.15, 0.2) is 12.3 Å². The molecule has 6 heteroatoms. The Balaban J connectivity index is 1.62. The molecule has 1 spiro atoms. The molecule has 0 radical (unpaired) electrons. The number of rotatable bonds is 1. The minimum atomic E-state index is -0.497. The molecule has 1 aromatic rings. The minimum absolute atomic E-state index is 0.181. The highest BCUT2D eigenvalue weighted by Crippen LogP contribution is 2.43. The molecule has 2 atom stereocenters. The van der Waals surface area contributed by atoms with Gasteiger partial charge in [0, 0.05) is 6.54 Å². The SMILES string of the molecule is Cc1cc(N2CC3(CN4CCC3CC4)OC2N)ncc1F. The Morgan fingerprint density at radius 3 is 2.76 bits per heavy atom. The maximum atomic E-state index is 13.4. The maximum Gasteiger partial charge on any atom is 0.186 e. The smallest absolute Gasteiger partial charge is 0.186 e. The Morgan fingerprint density at radius 1 is 1.38 bits per heavy atom. The summed E-state index contributed by atoms with van der Waals surface area (Å²) in [4.78, 5) is 8.61. The predicted molar refractivity (Wildman–Crippen MR) is 77.2 cm³/mol. The van der Waals surface area contributed by atoms with Gasteiger partial charge >= 0.3 is 0 Å². The number of nitrogens with zero attached hydrogens (tertiary/aromatic N) is 3. The number of hydrogen-bond donors (Lipinski definition) is 1. The highest BCUT2D eigenvalue weighted by molar-refractivity contribution is 5.43. The molecule has 0 aromatic carbocycles. The number of hydrogen-bond acceptors (Lipinski definition) is 5. The van der Waals surface area contributed by atoms with Crippen molar-refractivity contribution >= 4 is 5.82 Å². The zero-order chi connectivity index (χ0) is 14.6. The zero-order valence-corrected chi connectivity index (χ0v) is 12.3. The molecular weight excluding hydrogens is 271 g/mol. The highest BCUT2D eigenvalue weighted by Gasteiger charge is 2.54. The van der Waals surface area contributed by atoms with Gasteiger partial charge in [0.05, 0.1) is 12.7 Å². The normalized spacial score (nSPS) is 38.4. The van der Waals surface area contributed by atoms with Crippen molar-refractivity contribution in [2.75, 3.05) is 31.1 Å². The molecule has 4 aliphatic rings. The molecule has 114 valence electrons. The number of aromatic nitrogens is 1. The molecule has 4 saturated heterocycles. The molecule has 0 aliphatic carbocycles. The Labute approximate surface area is 123 Å². The van der Waals surface area contributed by atoms with Crippen LogP contribution in [0, 0.1) is 18.7 Å². The third kappa shape index (κ3) is 2.05. The molecule has 2 bridgehead atoms. The first-order valence-corrected chi connectivity index (χ1v) is 7.62. The van der Waals surface area contributed by atoms with Crippen LogP contribution in [0.5, 0.6) is 0 Å². The van der Waals surface area contributed by atoms with Crippen LogP contribution in [-0.2, 0) is 4.74 Å². The van der Waals surface area contributed by atoms with Crippen LogP contribution in [0.4, 0.5) is 10.2 Å². The minimum Gasteiger partial charge on any atom is -0.335 e.